The van der Waals surface area contributed by atoms with Crippen molar-refractivity contribution >= 4 is 67.9 Å². The Morgan fingerprint density at radius 1 is 0.951 bits per heavy atom. The molecule has 0 aromatic heterocycles. The second-order valence-electron chi connectivity index (χ2n) is 9.53. The standard InChI is InChI=1S/C32H26BrClN2O5/c1-4-40-28-15-20(13-24-30(37)35-32(39)36(31(24)38)22-12-10-19(3)27(34)16-22)14-26(33)29(28)41-17-25-18(2)9-11-21-7-5-6-8-23(21)25/h5-16H,4,17H2,1-3H3,(H,35,37,39)/b24-13+. The van der Waals surface area contributed by atoms with E-state index in [4.69, 9.17) is 21.1 Å². The molecule has 1 saturated heterocycles. The summed E-state index contributed by atoms with van der Waals surface area (Å²) in [5, 5.41) is 4.86. The van der Waals surface area contributed by atoms with E-state index in [9.17, 15) is 14.4 Å². The quantitative estimate of drug-likeness (QED) is 0.168. The molecule has 0 atom stereocenters. The molecular formula is C32H26BrClN2O5. The van der Waals surface area contributed by atoms with Gasteiger partial charge in [-0.05, 0) is 94.5 Å². The van der Waals surface area contributed by atoms with Crippen molar-refractivity contribution in [1.82, 2.24) is 5.32 Å². The highest BCUT2D eigenvalue weighted by atomic mass is 79.9. The topological polar surface area (TPSA) is 84.9 Å². The number of hydrogen-bond acceptors (Lipinski definition) is 5. The number of benzene rings is 4. The van der Waals surface area contributed by atoms with E-state index in [0.29, 0.717) is 39.8 Å². The normalized spacial score (nSPS) is 14.5. The Balaban J connectivity index is 1.48. The number of aryl methyl sites for hydroxylation is 2. The van der Waals surface area contributed by atoms with Crippen LogP contribution in [0.4, 0.5) is 10.5 Å². The molecule has 208 valence electrons. The monoisotopic (exact) mass is 632 g/mol. The van der Waals surface area contributed by atoms with Gasteiger partial charge in [-0.2, -0.15) is 0 Å². The van der Waals surface area contributed by atoms with Crippen molar-refractivity contribution in [3.05, 3.63) is 104 Å². The lowest BCUT2D eigenvalue weighted by molar-refractivity contribution is -0.122. The first-order chi connectivity index (χ1) is 19.7. The Labute approximate surface area is 250 Å². The second-order valence-corrected chi connectivity index (χ2v) is 10.8. The molecule has 1 N–H and O–H groups in total. The van der Waals surface area contributed by atoms with Crippen molar-refractivity contribution in [3.8, 4) is 11.5 Å². The van der Waals surface area contributed by atoms with Gasteiger partial charge in [-0.3, -0.25) is 14.9 Å². The van der Waals surface area contributed by atoms with Crippen LogP contribution >= 0.6 is 27.5 Å². The van der Waals surface area contributed by atoms with Gasteiger partial charge >= 0.3 is 6.03 Å². The third-order valence-corrected chi connectivity index (χ3v) is 7.79. The zero-order chi connectivity index (χ0) is 29.3. The minimum absolute atomic E-state index is 0.212. The van der Waals surface area contributed by atoms with Crippen molar-refractivity contribution in [2.75, 3.05) is 11.5 Å². The van der Waals surface area contributed by atoms with Crippen molar-refractivity contribution in [2.24, 2.45) is 0 Å². The second kappa shape index (κ2) is 11.8. The minimum Gasteiger partial charge on any atom is -0.490 e. The van der Waals surface area contributed by atoms with Crippen molar-refractivity contribution < 1.29 is 23.9 Å². The molecule has 4 amide bonds. The van der Waals surface area contributed by atoms with Crippen LogP contribution in [0.2, 0.25) is 5.02 Å². The highest BCUT2D eigenvalue weighted by molar-refractivity contribution is 9.10. The third kappa shape index (κ3) is 5.71. The first-order valence-corrected chi connectivity index (χ1v) is 14.1. The Hall–Kier alpha value is -4.14. The molecule has 1 aliphatic heterocycles. The van der Waals surface area contributed by atoms with E-state index < -0.39 is 17.8 Å². The van der Waals surface area contributed by atoms with Gasteiger partial charge in [0.25, 0.3) is 11.8 Å². The number of imide groups is 2. The van der Waals surface area contributed by atoms with Crippen molar-refractivity contribution in [3.63, 3.8) is 0 Å². The third-order valence-electron chi connectivity index (χ3n) is 6.79. The number of carbonyl (C=O) groups is 3. The summed E-state index contributed by atoms with van der Waals surface area (Å²) in [5.41, 5.74) is 3.51. The van der Waals surface area contributed by atoms with Crippen molar-refractivity contribution in [2.45, 2.75) is 27.4 Å². The van der Waals surface area contributed by atoms with Crippen LogP contribution in [-0.4, -0.2) is 24.5 Å². The smallest absolute Gasteiger partial charge is 0.335 e. The van der Waals surface area contributed by atoms with E-state index in [1.54, 1.807) is 24.3 Å². The fourth-order valence-corrected chi connectivity index (χ4v) is 5.38. The van der Waals surface area contributed by atoms with Crippen molar-refractivity contribution in [1.29, 1.82) is 0 Å². The van der Waals surface area contributed by atoms with Crippen LogP contribution in [0.3, 0.4) is 0 Å². The number of amides is 4. The maximum Gasteiger partial charge on any atom is 0.335 e. The average molecular weight is 634 g/mol. The zero-order valence-corrected chi connectivity index (χ0v) is 24.9. The Bertz CT molecular complexity index is 1750. The number of nitrogens with zero attached hydrogens (tertiary/aromatic N) is 1. The summed E-state index contributed by atoms with van der Waals surface area (Å²) in [7, 11) is 0. The van der Waals surface area contributed by atoms with E-state index in [-0.39, 0.29) is 11.3 Å². The summed E-state index contributed by atoms with van der Waals surface area (Å²) in [6.07, 6.45) is 1.42. The Morgan fingerprint density at radius 3 is 2.46 bits per heavy atom. The van der Waals surface area contributed by atoms with Crippen LogP contribution in [0.15, 0.2) is 76.8 Å². The zero-order valence-electron chi connectivity index (χ0n) is 22.6. The number of hydrogen-bond donors (Lipinski definition) is 1. The first kappa shape index (κ1) is 28.4. The SMILES string of the molecule is CCOc1cc(/C=C2\C(=O)NC(=O)N(c3ccc(C)c(Cl)c3)C2=O)cc(Br)c1OCc1c(C)ccc2ccccc12. The number of fused-ring (bicyclic) bond motifs is 1. The van der Waals surface area contributed by atoms with E-state index in [1.165, 1.54) is 12.1 Å². The number of barbiturate groups is 1. The van der Waals surface area contributed by atoms with Crippen LogP contribution in [0.25, 0.3) is 16.8 Å². The average Bonchev–Trinajstić information content (AvgIpc) is 2.93. The van der Waals surface area contributed by atoms with E-state index in [2.05, 4.69) is 45.5 Å². The van der Waals surface area contributed by atoms with Crippen LogP contribution < -0.4 is 19.7 Å². The number of nitrogens with one attached hydrogen (secondary N) is 1. The molecule has 4 aromatic carbocycles. The molecule has 0 saturated carbocycles. The van der Waals surface area contributed by atoms with Crippen LogP contribution in [0.5, 0.6) is 11.5 Å². The molecule has 0 radical (unpaired) electrons. The summed E-state index contributed by atoms with van der Waals surface area (Å²) >= 11 is 9.80. The van der Waals surface area contributed by atoms with Gasteiger partial charge in [-0.25, -0.2) is 9.69 Å². The molecule has 1 aliphatic rings. The van der Waals surface area contributed by atoms with E-state index in [1.807, 2.05) is 32.9 Å². The number of anilines is 1. The number of ether oxygens (including phenoxy) is 2. The maximum absolute atomic E-state index is 13.4. The fourth-order valence-electron chi connectivity index (χ4n) is 4.63. The predicted molar refractivity (Wildman–Crippen MR) is 164 cm³/mol. The van der Waals surface area contributed by atoms with Gasteiger partial charge in [0.2, 0.25) is 0 Å². The Kier molecular flexibility index (Phi) is 8.15. The number of urea groups is 1. The molecule has 9 heteroatoms. The highest BCUT2D eigenvalue weighted by Gasteiger charge is 2.37. The van der Waals surface area contributed by atoms with E-state index in [0.717, 1.165) is 32.4 Å². The summed E-state index contributed by atoms with van der Waals surface area (Å²) in [6.45, 7) is 6.38. The van der Waals surface area contributed by atoms with Gasteiger partial charge in [0, 0.05) is 10.6 Å². The lowest BCUT2D eigenvalue weighted by Crippen LogP contribution is -2.54. The fraction of sp³-hybridized carbons (Fsp3) is 0.156. The summed E-state index contributed by atoms with van der Waals surface area (Å²) in [6, 6.07) is 19.7. The number of rotatable bonds is 7. The molecule has 5 rings (SSSR count). The first-order valence-electron chi connectivity index (χ1n) is 12.9. The Morgan fingerprint density at radius 2 is 1.71 bits per heavy atom. The lowest BCUT2D eigenvalue weighted by atomic mass is 10.0. The molecule has 4 aromatic rings. The van der Waals surface area contributed by atoms with Crippen LogP contribution in [-0.2, 0) is 16.2 Å². The van der Waals surface area contributed by atoms with Gasteiger partial charge < -0.3 is 9.47 Å². The summed E-state index contributed by atoms with van der Waals surface area (Å²) in [4.78, 5) is 39.6. The molecule has 1 fully saturated rings. The molecule has 0 aliphatic carbocycles. The van der Waals surface area contributed by atoms with Gasteiger partial charge in [-0.15, -0.1) is 0 Å². The van der Waals surface area contributed by atoms with Crippen LogP contribution in [0, 0.1) is 13.8 Å². The lowest BCUT2D eigenvalue weighted by Gasteiger charge is -2.26. The summed E-state index contributed by atoms with van der Waals surface area (Å²) in [5.74, 6) is -0.629. The van der Waals surface area contributed by atoms with Gasteiger partial charge in [-0.1, -0.05) is 54.1 Å². The molecule has 41 heavy (non-hydrogen) atoms. The van der Waals surface area contributed by atoms with Gasteiger partial charge in [0.15, 0.2) is 11.5 Å². The molecule has 0 spiro atoms. The molecule has 0 bridgehead atoms. The van der Waals surface area contributed by atoms with Crippen LogP contribution in [0.1, 0.15) is 29.2 Å². The summed E-state index contributed by atoms with van der Waals surface area (Å²) < 4.78 is 12.8. The predicted octanol–water partition coefficient (Wildman–Crippen LogP) is 7.52. The number of halogens is 2. The molecule has 7 nitrogen and oxygen atoms in total. The molecule has 1 heterocycles. The maximum atomic E-state index is 13.4. The van der Waals surface area contributed by atoms with E-state index >= 15 is 0 Å². The van der Waals surface area contributed by atoms with Gasteiger partial charge in [0.1, 0.15) is 12.2 Å². The minimum atomic E-state index is -0.847. The molecule has 0 unspecified atom stereocenters. The highest BCUT2D eigenvalue weighted by Crippen LogP contribution is 2.39. The van der Waals surface area contributed by atoms with Gasteiger partial charge in [0.05, 0.1) is 16.8 Å². The largest absolute Gasteiger partial charge is 0.490 e. The number of carbonyl (C=O) groups excluding carboxylic acids is 3. The molecular weight excluding hydrogens is 608 g/mol.